The van der Waals surface area contributed by atoms with E-state index in [0.717, 1.165) is 60.2 Å². The second-order valence-electron chi connectivity index (χ2n) is 13.7. The fraction of sp³-hybridized carbons (Fsp3) is 0. The van der Waals surface area contributed by atoms with Crippen LogP contribution in [0.1, 0.15) is 12.3 Å². The lowest BCUT2D eigenvalue weighted by Gasteiger charge is -2.14. The SMILES string of the molecule is [2H]c1c([2H])c([2H])c(-c2c([2H])c([2H])c(-c3cccc4cccc(-c5ccc(-c6nc(-c7cccc8ccccc78)nc(-n7c8ccccc8c8ccccc87)n6)cc5)c34)c([2H])c2[2H])c([2H])c1[2H]. The zero-order valence-corrected chi connectivity index (χ0v) is 30.2. The molecule has 2 aromatic heterocycles. The third-order valence-corrected chi connectivity index (χ3v) is 10.4. The molecule has 266 valence electrons. The van der Waals surface area contributed by atoms with E-state index in [0.29, 0.717) is 28.5 Å². The van der Waals surface area contributed by atoms with Gasteiger partial charge in [0.05, 0.1) is 23.4 Å². The smallest absolute Gasteiger partial charge is 0.238 e. The van der Waals surface area contributed by atoms with Crippen molar-refractivity contribution in [3.63, 3.8) is 0 Å². The molecular formula is C53H34N4. The molecule has 0 unspecified atom stereocenters. The van der Waals surface area contributed by atoms with E-state index in [1.807, 2.05) is 97.1 Å². The Morgan fingerprint density at radius 1 is 0.351 bits per heavy atom. The Morgan fingerprint density at radius 3 is 1.56 bits per heavy atom. The van der Waals surface area contributed by atoms with Crippen LogP contribution in [0.4, 0.5) is 0 Å². The van der Waals surface area contributed by atoms with E-state index in [9.17, 15) is 2.74 Å². The second kappa shape index (κ2) is 13.6. The first-order valence-electron chi connectivity index (χ1n) is 23.0. The molecule has 11 aromatic rings. The van der Waals surface area contributed by atoms with Gasteiger partial charge in [0.1, 0.15) is 0 Å². The highest BCUT2D eigenvalue weighted by molar-refractivity contribution is 6.09. The predicted molar refractivity (Wildman–Crippen MR) is 236 cm³/mol. The van der Waals surface area contributed by atoms with Gasteiger partial charge < -0.3 is 0 Å². The minimum absolute atomic E-state index is 0.0273. The quantitative estimate of drug-likeness (QED) is 0.171. The molecule has 0 radical (unpaired) electrons. The number of rotatable bonds is 6. The van der Waals surface area contributed by atoms with Crippen LogP contribution in [-0.2, 0) is 0 Å². The lowest BCUT2D eigenvalue weighted by molar-refractivity contribution is 0.954. The zero-order valence-electron chi connectivity index (χ0n) is 39.2. The predicted octanol–water partition coefficient (Wildman–Crippen LogP) is 13.6. The molecule has 9 aromatic carbocycles. The van der Waals surface area contributed by atoms with Gasteiger partial charge in [0.2, 0.25) is 5.95 Å². The van der Waals surface area contributed by atoms with Crippen molar-refractivity contribution in [2.45, 2.75) is 0 Å². The monoisotopic (exact) mass is 735 g/mol. The minimum Gasteiger partial charge on any atom is -0.278 e. The van der Waals surface area contributed by atoms with Gasteiger partial charge in [-0.2, -0.15) is 9.97 Å². The summed E-state index contributed by atoms with van der Waals surface area (Å²) >= 11 is 0. The molecule has 0 aliphatic rings. The van der Waals surface area contributed by atoms with Crippen LogP contribution in [0, 0.1) is 0 Å². The van der Waals surface area contributed by atoms with Crippen molar-refractivity contribution < 1.29 is 12.3 Å². The maximum absolute atomic E-state index is 9.24. The highest BCUT2D eigenvalue weighted by atomic mass is 15.2. The fourth-order valence-corrected chi connectivity index (χ4v) is 7.81. The van der Waals surface area contributed by atoms with E-state index >= 15 is 0 Å². The summed E-state index contributed by atoms with van der Waals surface area (Å²) in [7, 11) is 0. The Bertz CT molecular complexity index is 3710. The third-order valence-electron chi connectivity index (χ3n) is 10.4. The Hall–Kier alpha value is -7.69. The summed E-state index contributed by atoms with van der Waals surface area (Å²) in [4.78, 5) is 15.4. The number of fused-ring (bicyclic) bond motifs is 5. The molecule has 0 aliphatic carbocycles. The molecule has 0 saturated heterocycles. The summed E-state index contributed by atoms with van der Waals surface area (Å²) < 4.78 is 80.2. The van der Waals surface area contributed by atoms with E-state index in [1.54, 1.807) is 12.1 Å². The van der Waals surface area contributed by atoms with Crippen LogP contribution < -0.4 is 0 Å². The summed E-state index contributed by atoms with van der Waals surface area (Å²) in [5, 5.41) is 5.73. The van der Waals surface area contributed by atoms with Crippen LogP contribution in [0.3, 0.4) is 0 Å². The van der Waals surface area contributed by atoms with E-state index in [2.05, 4.69) is 47.0 Å². The molecule has 0 amide bonds. The first-order chi connectivity index (χ1) is 32.0. The first kappa shape index (κ1) is 24.7. The number of aromatic nitrogens is 4. The molecule has 0 N–H and O–H groups in total. The Kier molecular flexibility index (Phi) is 5.87. The normalized spacial score (nSPS) is 13.7. The summed E-state index contributed by atoms with van der Waals surface area (Å²) in [6.07, 6.45) is 0. The van der Waals surface area contributed by atoms with Gasteiger partial charge in [-0.05, 0) is 67.1 Å². The maximum Gasteiger partial charge on any atom is 0.238 e. The second-order valence-corrected chi connectivity index (χ2v) is 13.7. The van der Waals surface area contributed by atoms with Gasteiger partial charge in [0, 0.05) is 21.9 Å². The molecule has 2 heterocycles. The molecule has 0 fully saturated rings. The number of hydrogen-bond donors (Lipinski definition) is 0. The maximum atomic E-state index is 9.24. The molecule has 57 heavy (non-hydrogen) atoms. The number of para-hydroxylation sites is 2. The van der Waals surface area contributed by atoms with Crippen molar-refractivity contribution >= 4 is 43.4 Å². The van der Waals surface area contributed by atoms with E-state index < -0.39 is 54.4 Å². The van der Waals surface area contributed by atoms with Gasteiger partial charge in [-0.3, -0.25) is 4.57 Å². The van der Waals surface area contributed by atoms with Gasteiger partial charge in [-0.25, -0.2) is 4.98 Å². The largest absolute Gasteiger partial charge is 0.278 e. The molecule has 0 atom stereocenters. The van der Waals surface area contributed by atoms with Crippen LogP contribution >= 0.6 is 0 Å². The number of nitrogens with zero attached hydrogens (tertiary/aromatic N) is 4. The molecule has 0 aliphatic heterocycles. The molecule has 4 nitrogen and oxygen atoms in total. The summed E-state index contributed by atoms with van der Waals surface area (Å²) in [6.45, 7) is 0. The molecule has 0 bridgehead atoms. The van der Waals surface area contributed by atoms with Gasteiger partial charge in [-0.1, -0.05) is 194 Å². The van der Waals surface area contributed by atoms with Crippen LogP contribution in [0.15, 0.2) is 206 Å². The van der Waals surface area contributed by atoms with E-state index in [-0.39, 0.29) is 16.7 Å². The average molecular weight is 736 g/mol. The highest BCUT2D eigenvalue weighted by Crippen LogP contribution is 2.39. The van der Waals surface area contributed by atoms with Crippen LogP contribution in [0.2, 0.25) is 0 Å². The third kappa shape index (κ3) is 5.66. The van der Waals surface area contributed by atoms with E-state index in [1.165, 1.54) is 0 Å². The van der Waals surface area contributed by atoms with Crippen molar-refractivity contribution in [3.8, 4) is 62.1 Å². The molecule has 0 saturated carbocycles. The lowest BCUT2D eigenvalue weighted by Crippen LogP contribution is -2.06. The Morgan fingerprint density at radius 2 is 0.860 bits per heavy atom. The number of hydrogen-bond acceptors (Lipinski definition) is 3. The van der Waals surface area contributed by atoms with Gasteiger partial charge in [0.25, 0.3) is 0 Å². The molecular weight excluding hydrogens is 693 g/mol. The van der Waals surface area contributed by atoms with Crippen LogP contribution in [0.25, 0.3) is 105 Å². The molecule has 0 spiro atoms. The van der Waals surface area contributed by atoms with Gasteiger partial charge in [-0.15, -0.1) is 0 Å². The van der Waals surface area contributed by atoms with Gasteiger partial charge >= 0.3 is 0 Å². The summed E-state index contributed by atoms with van der Waals surface area (Å²) in [6, 6.07) is 44.9. The fourth-order valence-electron chi connectivity index (χ4n) is 7.81. The Labute approximate surface area is 342 Å². The van der Waals surface area contributed by atoms with Crippen molar-refractivity contribution in [3.05, 3.63) is 206 Å². The standard InChI is InChI=1S/C53H34N4/c1-2-13-35(14-3-1)36-27-29-38(30-28-36)43-22-11-17-40-18-12-23-44(50(40)43)39-31-33-41(34-32-39)51-54-52(47-24-10-16-37-15-4-5-19-42(37)47)56-53(55-51)57-48-25-8-6-20-45(48)46-21-7-9-26-49(46)57/h1-34H/i1D,2D,3D,13D,14D,27D,28D,29D,30D. The van der Waals surface area contributed by atoms with Crippen molar-refractivity contribution in [2.24, 2.45) is 0 Å². The minimum atomic E-state index is -0.624. The van der Waals surface area contributed by atoms with Crippen LogP contribution in [0.5, 0.6) is 0 Å². The van der Waals surface area contributed by atoms with Crippen molar-refractivity contribution in [1.82, 2.24) is 19.5 Å². The highest BCUT2D eigenvalue weighted by Gasteiger charge is 2.19. The summed E-state index contributed by atoms with van der Waals surface area (Å²) in [5.74, 6) is 1.47. The van der Waals surface area contributed by atoms with Crippen molar-refractivity contribution in [2.75, 3.05) is 0 Å². The molecule has 4 heteroatoms. The molecule has 11 rings (SSSR count). The van der Waals surface area contributed by atoms with Gasteiger partial charge in [0.15, 0.2) is 11.6 Å². The zero-order chi connectivity index (χ0) is 45.5. The van der Waals surface area contributed by atoms with E-state index in [4.69, 9.17) is 24.5 Å². The topological polar surface area (TPSA) is 43.6 Å². The number of benzene rings is 9. The Balaban J connectivity index is 1.07. The summed E-state index contributed by atoms with van der Waals surface area (Å²) in [5.41, 5.74) is 4.87. The average Bonchev–Trinajstić information content (AvgIpc) is 3.69. The first-order valence-corrected chi connectivity index (χ1v) is 18.5. The lowest BCUT2D eigenvalue weighted by atomic mass is 9.90. The van der Waals surface area contributed by atoms with Crippen molar-refractivity contribution in [1.29, 1.82) is 0 Å². The van der Waals surface area contributed by atoms with Crippen LogP contribution in [-0.4, -0.2) is 19.5 Å².